The summed E-state index contributed by atoms with van der Waals surface area (Å²) < 4.78 is 41.8. The number of hydrogen-bond donors (Lipinski definition) is 1. The van der Waals surface area contributed by atoms with E-state index in [2.05, 4.69) is 0 Å². The Bertz CT molecular complexity index is 584. The van der Waals surface area contributed by atoms with Crippen LogP contribution in [0.15, 0.2) is 29.2 Å². The molecule has 2 rings (SSSR count). The number of fused-ring (bicyclic) bond motifs is 1. The Kier molecular flexibility index (Phi) is 3.29. The quantitative estimate of drug-likeness (QED) is 0.665. The molecule has 0 unspecified atom stereocenters. The molecule has 0 aromatic heterocycles. The number of hydrogen-bond acceptors (Lipinski definition) is 4. The zero-order chi connectivity index (χ0) is 13.4. The normalized spacial score (nSPS) is 17.5. The summed E-state index contributed by atoms with van der Waals surface area (Å²) in [7, 11) is -1.15. The van der Waals surface area contributed by atoms with Crippen LogP contribution in [0.25, 0.3) is 6.08 Å². The molecule has 1 N–H and O–H groups in total. The van der Waals surface area contributed by atoms with Crippen molar-refractivity contribution in [2.45, 2.75) is 17.1 Å². The first-order valence-electron chi connectivity index (χ1n) is 5.30. The van der Waals surface area contributed by atoms with E-state index in [-0.39, 0.29) is 4.90 Å². The van der Waals surface area contributed by atoms with Gasteiger partial charge in [-0.05, 0) is 29.3 Å². The van der Waals surface area contributed by atoms with Crippen LogP contribution in [0.3, 0.4) is 0 Å². The molecule has 1 aromatic carbocycles. The molecule has 0 amide bonds. The third kappa shape index (κ3) is 2.32. The van der Waals surface area contributed by atoms with Crippen molar-refractivity contribution in [2.75, 3.05) is 14.2 Å². The fourth-order valence-corrected chi connectivity index (χ4v) is 2.49. The largest absolute Gasteiger partial charge is 0.349 e. The van der Waals surface area contributed by atoms with Crippen LogP contribution in [-0.2, 0) is 26.0 Å². The van der Waals surface area contributed by atoms with E-state index in [1.165, 1.54) is 26.4 Å². The van der Waals surface area contributed by atoms with Crippen molar-refractivity contribution in [2.24, 2.45) is 0 Å². The summed E-state index contributed by atoms with van der Waals surface area (Å²) in [6.45, 7) is 0. The van der Waals surface area contributed by atoms with Crippen molar-refractivity contribution in [3.8, 4) is 0 Å². The predicted molar refractivity (Wildman–Crippen MR) is 65.7 cm³/mol. The van der Waals surface area contributed by atoms with Crippen LogP contribution in [0.5, 0.6) is 0 Å². The van der Waals surface area contributed by atoms with Crippen molar-refractivity contribution in [1.29, 1.82) is 0 Å². The fourth-order valence-electron chi connectivity index (χ4n) is 1.96. The minimum absolute atomic E-state index is 0.127. The van der Waals surface area contributed by atoms with Crippen LogP contribution < -0.4 is 0 Å². The molecule has 1 aliphatic rings. The van der Waals surface area contributed by atoms with Crippen LogP contribution in [-0.4, -0.2) is 33.0 Å². The van der Waals surface area contributed by atoms with Gasteiger partial charge in [0.15, 0.2) is 5.79 Å². The Hall–Kier alpha value is -1.21. The SMILES string of the molecule is COC1(OC)C=Cc2ccc(S(=O)(=O)O)cc2C1. The van der Waals surface area contributed by atoms with Gasteiger partial charge in [0, 0.05) is 20.6 Å². The molecular formula is C12H14O5S. The van der Waals surface area contributed by atoms with Gasteiger partial charge in [-0.25, -0.2) is 0 Å². The minimum atomic E-state index is -4.19. The summed E-state index contributed by atoms with van der Waals surface area (Å²) >= 11 is 0. The van der Waals surface area contributed by atoms with E-state index >= 15 is 0 Å². The van der Waals surface area contributed by atoms with Crippen molar-refractivity contribution >= 4 is 16.2 Å². The number of benzene rings is 1. The zero-order valence-corrected chi connectivity index (χ0v) is 10.9. The first kappa shape index (κ1) is 13.2. The summed E-state index contributed by atoms with van der Waals surface area (Å²) in [4.78, 5) is -0.127. The molecule has 0 fully saturated rings. The Morgan fingerprint density at radius 3 is 2.50 bits per heavy atom. The lowest BCUT2D eigenvalue weighted by Crippen LogP contribution is -2.35. The number of ether oxygens (including phenoxy) is 2. The highest BCUT2D eigenvalue weighted by atomic mass is 32.2. The molecule has 0 aliphatic heterocycles. The van der Waals surface area contributed by atoms with Gasteiger partial charge in [-0.3, -0.25) is 4.55 Å². The van der Waals surface area contributed by atoms with Gasteiger partial charge in [0.05, 0.1) is 4.90 Å². The maximum absolute atomic E-state index is 11.1. The standard InChI is InChI=1S/C12H14O5S/c1-16-12(17-2)6-5-9-3-4-11(18(13,14)15)7-10(9)8-12/h3-7H,8H2,1-2H3,(H,13,14,15). The lowest BCUT2D eigenvalue weighted by Gasteiger charge is -2.31. The maximum atomic E-state index is 11.1. The smallest absolute Gasteiger partial charge is 0.294 e. The summed E-state index contributed by atoms with van der Waals surface area (Å²) in [5.41, 5.74) is 1.63. The van der Waals surface area contributed by atoms with Crippen LogP contribution in [0, 0.1) is 0 Å². The van der Waals surface area contributed by atoms with E-state index in [9.17, 15) is 8.42 Å². The Morgan fingerprint density at radius 1 is 1.28 bits per heavy atom. The zero-order valence-electron chi connectivity index (χ0n) is 10.1. The topological polar surface area (TPSA) is 72.8 Å². The highest BCUT2D eigenvalue weighted by molar-refractivity contribution is 7.85. The minimum Gasteiger partial charge on any atom is -0.349 e. The first-order valence-corrected chi connectivity index (χ1v) is 6.74. The average Bonchev–Trinajstić information content (AvgIpc) is 2.36. The summed E-state index contributed by atoms with van der Waals surface area (Å²) in [5.74, 6) is -0.884. The molecule has 0 spiro atoms. The van der Waals surface area contributed by atoms with Gasteiger partial charge in [0.25, 0.3) is 10.1 Å². The molecule has 0 heterocycles. The molecule has 5 nitrogen and oxygen atoms in total. The van der Waals surface area contributed by atoms with Crippen LogP contribution in [0.2, 0.25) is 0 Å². The summed E-state index contributed by atoms with van der Waals surface area (Å²) in [6, 6.07) is 4.44. The molecular weight excluding hydrogens is 256 g/mol. The maximum Gasteiger partial charge on any atom is 0.294 e. The fraction of sp³-hybridized carbons (Fsp3) is 0.333. The van der Waals surface area contributed by atoms with Gasteiger partial charge in [-0.15, -0.1) is 0 Å². The van der Waals surface area contributed by atoms with E-state index in [4.69, 9.17) is 14.0 Å². The van der Waals surface area contributed by atoms with Crippen molar-refractivity contribution in [3.05, 3.63) is 35.4 Å². The van der Waals surface area contributed by atoms with Gasteiger partial charge < -0.3 is 9.47 Å². The van der Waals surface area contributed by atoms with Gasteiger partial charge >= 0.3 is 0 Å². The first-order chi connectivity index (χ1) is 8.40. The predicted octanol–water partition coefficient (Wildman–Crippen LogP) is 1.49. The average molecular weight is 270 g/mol. The molecule has 18 heavy (non-hydrogen) atoms. The van der Waals surface area contributed by atoms with Crippen LogP contribution in [0.4, 0.5) is 0 Å². The Labute approximate surface area is 106 Å². The van der Waals surface area contributed by atoms with E-state index in [0.29, 0.717) is 6.42 Å². The van der Waals surface area contributed by atoms with E-state index in [1.807, 2.05) is 0 Å². The Morgan fingerprint density at radius 2 is 1.94 bits per heavy atom. The van der Waals surface area contributed by atoms with Gasteiger partial charge in [0.2, 0.25) is 0 Å². The van der Waals surface area contributed by atoms with Crippen molar-refractivity contribution in [1.82, 2.24) is 0 Å². The van der Waals surface area contributed by atoms with E-state index in [0.717, 1.165) is 11.1 Å². The van der Waals surface area contributed by atoms with Gasteiger partial charge in [-0.2, -0.15) is 8.42 Å². The molecule has 1 aliphatic carbocycles. The second-order valence-corrected chi connectivity index (χ2v) is 5.49. The van der Waals surface area contributed by atoms with Crippen LogP contribution in [0.1, 0.15) is 11.1 Å². The van der Waals surface area contributed by atoms with Gasteiger partial charge in [-0.1, -0.05) is 12.1 Å². The van der Waals surface area contributed by atoms with Crippen molar-refractivity contribution in [3.63, 3.8) is 0 Å². The molecule has 6 heteroatoms. The molecule has 1 aromatic rings. The van der Waals surface area contributed by atoms with Crippen LogP contribution >= 0.6 is 0 Å². The van der Waals surface area contributed by atoms with Crippen molar-refractivity contribution < 1.29 is 22.4 Å². The second kappa shape index (κ2) is 4.47. The third-order valence-electron chi connectivity index (χ3n) is 3.06. The summed E-state index contributed by atoms with van der Waals surface area (Å²) in [6.07, 6.45) is 3.97. The van der Waals surface area contributed by atoms with Gasteiger partial charge in [0.1, 0.15) is 0 Å². The second-order valence-electron chi connectivity index (χ2n) is 4.07. The molecule has 0 saturated carbocycles. The molecule has 0 saturated heterocycles. The Balaban J connectivity index is 2.48. The lowest BCUT2D eigenvalue weighted by molar-refractivity contribution is -0.168. The highest BCUT2D eigenvalue weighted by Gasteiger charge is 2.31. The number of methoxy groups -OCH3 is 2. The summed E-state index contributed by atoms with van der Waals surface area (Å²) in [5, 5.41) is 0. The lowest BCUT2D eigenvalue weighted by atomic mass is 9.93. The molecule has 98 valence electrons. The molecule has 0 bridgehead atoms. The third-order valence-corrected chi connectivity index (χ3v) is 3.91. The monoisotopic (exact) mass is 270 g/mol. The highest BCUT2D eigenvalue weighted by Crippen LogP contribution is 2.30. The molecule has 0 radical (unpaired) electrons. The molecule has 0 atom stereocenters. The number of rotatable bonds is 3. The van der Waals surface area contributed by atoms with E-state index < -0.39 is 15.9 Å². The van der Waals surface area contributed by atoms with E-state index in [1.54, 1.807) is 18.2 Å².